The van der Waals surface area contributed by atoms with Crippen molar-refractivity contribution >= 4 is 5.57 Å². The van der Waals surface area contributed by atoms with Crippen LogP contribution in [-0.4, -0.2) is 5.92 Å². The number of allylic oxidation sites excluding steroid dienone is 3. The topological polar surface area (TPSA) is 9.23 Å². The van der Waals surface area contributed by atoms with Crippen molar-refractivity contribution in [2.45, 2.75) is 52.1 Å². The van der Waals surface area contributed by atoms with Crippen LogP contribution in [0.25, 0.3) is 5.57 Å². The van der Waals surface area contributed by atoms with Crippen LogP contribution in [0.1, 0.15) is 49.3 Å². The van der Waals surface area contributed by atoms with E-state index in [-0.39, 0.29) is 5.57 Å². The Hall–Kier alpha value is -2.42. The van der Waals surface area contributed by atoms with Crippen molar-refractivity contribution in [2.24, 2.45) is 5.92 Å². The molecule has 28 heavy (non-hydrogen) atoms. The number of alkyl halides is 2. The van der Waals surface area contributed by atoms with Gasteiger partial charge in [0.05, 0.1) is 0 Å². The summed E-state index contributed by atoms with van der Waals surface area (Å²) in [5.74, 6) is -2.76. The van der Waals surface area contributed by atoms with Crippen molar-refractivity contribution < 1.29 is 13.5 Å². The maximum absolute atomic E-state index is 15.2. The molecule has 148 valence electrons. The summed E-state index contributed by atoms with van der Waals surface area (Å²) in [6.45, 7) is 8.23. The fourth-order valence-corrected chi connectivity index (χ4v) is 3.88. The molecule has 0 N–H and O–H groups in total. The van der Waals surface area contributed by atoms with E-state index in [9.17, 15) is 0 Å². The van der Waals surface area contributed by atoms with Crippen LogP contribution in [0.3, 0.4) is 0 Å². The van der Waals surface area contributed by atoms with Crippen LogP contribution in [0.5, 0.6) is 5.75 Å². The maximum atomic E-state index is 15.2. The average Bonchev–Trinajstić information content (AvgIpc) is 2.69. The van der Waals surface area contributed by atoms with E-state index >= 15 is 8.78 Å². The molecule has 0 saturated carbocycles. The molecule has 0 aliphatic heterocycles. The minimum Gasteiger partial charge on any atom is -0.489 e. The minimum absolute atomic E-state index is 0.136. The fraction of sp³-hybridized carbons (Fsp3) is 0.360. The SMILES string of the molecule is C=CC1=C(c2ccc(OCc3ccc(C)cc3)cc2)C(F)(F)C(CCC)CC1. The van der Waals surface area contributed by atoms with E-state index in [1.165, 1.54) is 5.56 Å². The molecule has 0 radical (unpaired) electrons. The molecule has 0 fully saturated rings. The molecule has 0 amide bonds. The van der Waals surface area contributed by atoms with Crippen LogP contribution in [0, 0.1) is 12.8 Å². The predicted molar refractivity (Wildman–Crippen MR) is 112 cm³/mol. The lowest BCUT2D eigenvalue weighted by Gasteiger charge is -2.35. The Bertz CT molecular complexity index is 832. The van der Waals surface area contributed by atoms with Crippen molar-refractivity contribution in [3.63, 3.8) is 0 Å². The van der Waals surface area contributed by atoms with Crippen LogP contribution < -0.4 is 4.74 Å². The van der Waals surface area contributed by atoms with Crippen molar-refractivity contribution in [3.8, 4) is 5.75 Å². The van der Waals surface area contributed by atoms with Crippen molar-refractivity contribution in [1.29, 1.82) is 0 Å². The van der Waals surface area contributed by atoms with E-state index in [4.69, 9.17) is 4.74 Å². The lowest BCUT2D eigenvalue weighted by atomic mass is 9.76. The second kappa shape index (κ2) is 8.72. The van der Waals surface area contributed by atoms with Crippen molar-refractivity contribution in [1.82, 2.24) is 0 Å². The number of hydrogen-bond donors (Lipinski definition) is 0. The first-order chi connectivity index (χ1) is 13.5. The Labute approximate surface area is 166 Å². The molecule has 0 bridgehead atoms. The predicted octanol–water partition coefficient (Wildman–Crippen LogP) is 7.36. The molecular formula is C25H28F2O. The van der Waals surface area contributed by atoms with E-state index in [1.54, 1.807) is 30.3 Å². The molecule has 0 aromatic heterocycles. The normalized spacial score (nSPS) is 18.8. The van der Waals surface area contributed by atoms with Gasteiger partial charge >= 0.3 is 0 Å². The molecular weight excluding hydrogens is 354 g/mol. The van der Waals surface area contributed by atoms with Crippen LogP contribution in [0.4, 0.5) is 8.78 Å². The van der Waals surface area contributed by atoms with Gasteiger partial charge in [0.15, 0.2) is 0 Å². The quantitative estimate of drug-likeness (QED) is 0.486. The molecule has 3 heteroatoms. The largest absolute Gasteiger partial charge is 0.489 e. The number of ether oxygens (including phenoxy) is 1. The monoisotopic (exact) mass is 382 g/mol. The van der Waals surface area contributed by atoms with Gasteiger partial charge in [0, 0.05) is 11.5 Å². The summed E-state index contributed by atoms with van der Waals surface area (Å²) in [6.07, 6.45) is 4.07. The van der Waals surface area contributed by atoms with Gasteiger partial charge in [0.1, 0.15) is 12.4 Å². The summed E-state index contributed by atoms with van der Waals surface area (Å²) >= 11 is 0. The Morgan fingerprint density at radius 2 is 1.79 bits per heavy atom. The molecule has 1 aliphatic carbocycles. The zero-order valence-corrected chi connectivity index (χ0v) is 16.7. The van der Waals surface area contributed by atoms with Crippen molar-refractivity contribution in [3.05, 3.63) is 83.4 Å². The van der Waals surface area contributed by atoms with Crippen molar-refractivity contribution in [2.75, 3.05) is 0 Å². The van der Waals surface area contributed by atoms with E-state index in [0.29, 0.717) is 42.8 Å². The Balaban J connectivity index is 1.79. The van der Waals surface area contributed by atoms with Gasteiger partial charge in [-0.05, 0) is 55.0 Å². The zero-order chi connectivity index (χ0) is 20.1. The molecule has 1 nitrogen and oxygen atoms in total. The lowest BCUT2D eigenvalue weighted by molar-refractivity contribution is -0.0114. The summed E-state index contributed by atoms with van der Waals surface area (Å²) in [6, 6.07) is 15.2. The van der Waals surface area contributed by atoms with Gasteiger partial charge in [-0.3, -0.25) is 0 Å². The fourth-order valence-electron chi connectivity index (χ4n) is 3.88. The van der Waals surface area contributed by atoms with Crippen LogP contribution in [-0.2, 0) is 6.61 Å². The number of hydrogen-bond acceptors (Lipinski definition) is 1. The first kappa shape index (κ1) is 20.3. The second-order valence-corrected chi connectivity index (χ2v) is 7.55. The highest BCUT2D eigenvalue weighted by atomic mass is 19.3. The third-order valence-electron chi connectivity index (χ3n) is 5.48. The molecule has 0 saturated heterocycles. The summed E-state index contributed by atoms with van der Waals surface area (Å²) in [5, 5.41) is 0. The van der Waals surface area contributed by atoms with Gasteiger partial charge in [-0.25, -0.2) is 8.78 Å². The number of halogens is 2. The van der Waals surface area contributed by atoms with Gasteiger partial charge in [-0.2, -0.15) is 0 Å². The standard InChI is InChI=1S/C25H28F2O/c1-4-6-22-14-11-20(5-2)24(25(22,26)27)21-12-15-23(16-13-21)28-17-19-9-7-18(3)8-10-19/h5,7-10,12-13,15-16,22H,2,4,6,11,14,17H2,1,3H3. The number of benzene rings is 2. The molecule has 3 rings (SSSR count). The first-order valence-corrected chi connectivity index (χ1v) is 9.98. The minimum atomic E-state index is -2.83. The third kappa shape index (κ3) is 4.35. The van der Waals surface area contributed by atoms with E-state index in [0.717, 1.165) is 12.0 Å². The molecule has 2 aromatic rings. The number of rotatable bonds is 7. The molecule has 2 aromatic carbocycles. The summed E-state index contributed by atoms with van der Waals surface area (Å²) in [7, 11) is 0. The second-order valence-electron chi connectivity index (χ2n) is 7.55. The smallest absolute Gasteiger partial charge is 0.276 e. The molecule has 1 aliphatic rings. The molecule has 1 unspecified atom stereocenters. The van der Waals surface area contributed by atoms with Crippen LogP contribution in [0.15, 0.2) is 66.8 Å². The molecule has 0 spiro atoms. The Morgan fingerprint density at radius 3 is 2.39 bits per heavy atom. The van der Waals surface area contributed by atoms with Crippen LogP contribution in [0.2, 0.25) is 0 Å². The summed E-state index contributed by atoms with van der Waals surface area (Å²) in [4.78, 5) is 0. The van der Waals surface area contributed by atoms with E-state index < -0.39 is 11.8 Å². The van der Waals surface area contributed by atoms with Gasteiger partial charge in [0.25, 0.3) is 5.92 Å². The van der Waals surface area contributed by atoms with Gasteiger partial charge in [0.2, 0.25) is 0 Å². The average molecular weight is 382 g/mol. The summed E-state index contributed by atoms with van der Waals surface area (Å²) < 4.78 is 36.2. The Kier molecular flexibility index (Phi) is 6.33. The van der Waals surface area contributed by atoms with Gasteiger partial charge in [-0.1, -0.05) is 68.0 Å². The van der Waals surface area contributed by atoms with Gasteiger partial charge in [-0.15, -0.1) is 0 Å². The zero-order valence-electron chi connectivity index (χ0n) is 16.7. The molecule has 1 atom stereocenters. The number of aryl methyl sites for hydroxylation is 1. The highest BCUT2D eigenvalue weighted by molar-refractivity contribution is 5.77. The third-order valence-corrected chi connectivity index (χ3v) is 5.48. The van der Waals surface area contributed by atoms with Crippen LogP contribution >= 0.6 is 0 Å². The highest BCUT2D eigenvalue weighted by Gasteiger charge is 2.46. The maximum Gasteiger partial charge on any atom is 0.276 e. The van der Waals surface area contributed by atoms with E-state index in [1.807, 2.05) is 38.1 Å². The lowest BCUT2D eigenvalue weighted by Crippen LogP contribution is -2.33. The van der Waals surface area contributed by atoms with E-state index in [2.05, 4.69) is 6.58 Å². The summed E-state index contributed by atoms with van der Waals surface area (Å²) in [5.41, 5.74) is 3.63. The molecule has 0 heterocycles. The van der Waals surface area contributed by atoms with Gasteiger partial charge < -0.3 is 4.74 Å². The first-order valence-electron chi connectivity index (χ1n) is 9.98. The highest BCUT2D eigenvalue weighted by Crippen LogP contribution is 2.49. The Morgan fingerprint density at radius 1 is 1.11 bits per heavy atom.